The summed E-state index contributed by atoms with van der Waals surface area (Å²) >= 11 is 2.63. The second kappa shape index (κ2) is 12.7. The molecule has 41 heavy (non-hydrogen) atoms. The van der Waals surface area contributed by atoms with E-state index in [1.165, 1.54) is 28.2 Å². The van der Waals surface area contributed by atoms with Gasteiger partial charge in [0.15, 0.2) is 11.6 Å². The van der Waals surface area contributed by atoms with Gasteiger partial charge in [0, 0.05) is 23.1 Å². The van der Waals surface area contributed by atoms with Crippen molar-refractivity contribution in [1.29, 1.82) is 0 Å². The molecule has 2 aromatic carbocycles. The molecule has 0 unspecified atom stereocenters. The van der Waals surface area contributed by atoms with Crippen molar-refractivity contribution < 1.29 is 19.5 Å². The van der Waals surface area contributed by atoms with Crippen LogP contribution >= 0.6 is 22.7 Å². The van der Waals surface area contributed by atoms with E-state index in [1.807, 2.05) is 41.8 Å². The van der Waals surface area contributed by atoms with Gasteiger partial charge in [0.1, 0.15) is 12.3 Å². The average molecular weight is 587 g/mol. The van der Waals surface area contributed by atoms with Crippen molar-refractivity contribution in [2.24, 2.45) is 10.7 Å². The average Bonchev–Trinajstić information content (AvgIpc) is 3.58. The predicted molar refractivity (Wildman–Crippen MR) is 168 cm³/mol. The Balaban J connectivity index is 1.35. The summed E-state index contributed by atoms with van der Waals surface area (Å²) in [6.07, 6.45) is 1.07. The number of aliphatic imine (C=N–C) groups is 1. The van der Waals surface area contributed by atoms with Gasteiger partial charge in [-0.2, -0.15) is 0 Å². The number of thiophene rings is 2. The zero-order valence-electron chi connectivity index (χ0n) is 23.7. The first-order valence-electron chi connectivity index (χ1n) is 13.4. The normalized spacial score (nSPS) is 12.0. The van der Waals surface area contributed by atoms with Crippen LogP contribution in [0.2, 0.25) is 0 Å². The molecule has 6 nitrogen and oxygen atoms in total. The van der Waals surface area contributed by atoms with E-state index in [2.05, 4.69) is 37.9 Å². The molecule has 0 bridgehead atoms. The Morgan fingerprint density at radius 3 is 2.10 bits per heavy atom. The number of nitrogens with zero attached hydrogens (tertiary/aromatic N) is 1. The van der Waals surface area contributed by atoms with Crippen LogP contribution in [0, 0.1) is 0 Å². The number of amides is 1. The minimum atomic E-state index is -0.381. The van der Waals surface area contributed by atoms with Crippen molar-refractivity contribution in [3.05, 3.63) is 98.1 Å². The van der Waals surface area contributed by atoms with E-state index in [1.54, 1.807) is 19.1 Å². The third-order valence-electron chi connectivity index (χ3n) is 6.83. The van der Waals surface area contributed by atoms with Crippen molar-refractivity contribution in [2.75, 3.05) is 6.54 Å². The Labute approximate surface area is 248 Å². The van der Waals surface area contributed by atoms with E-state index in [-0.39, 0.29) is 41.6 Å². The summed E-state index contributed by atoms with van der Waals surface area (Å²) in [5, 5.41) is 12.8. The molecule has 0 aliphatic heterocycles. The quantitative estimate of drug-likeness (QED) is 0.145. The van der Waals surface area contributed by atoms with Crippen LogP contribution in [0.1, 0.15) is 75.7 Å². The number of ketones is 2. The predicted octanol–water partition coefficient (Wildman–Crippen LogP) is 7.01. The molecule has 0 atom stereocenters. The third-order valence-corrected chi connectivity index (χ3v) is 9.01. The molecule has 8 heteroatoms. The molecule has 2 aromatic heterocycles. The second-order valence-electron chi connectivity index (χ2n) is 11.0. The minimum absolute atomic E-state index is 0.0267. The molecule has 0 spiro atoms. The number of aromatic hydroxyl groups is 1. The summed E-state index contributed by atoms with van der Waals surface area (Å²) in [6.45, 7) is 8.21. The van der Waals surface area contributed by atoms with Gasteiger partial charge in [0.2, 0.25) is 5.91 Å². The largest absolute Gasteiger partial charge is 0.506 e. The Bertz CT molecular complexity index is 1590. The maximum atomic E-state index is 12.8. The number of hydrogen-bond acceptors (Lipinski definition) is 7. The topological polar surface area (TPSA) is 110 Å². The summed E-state index contributed by atoms with van der Waals surface area (Å²) in [6, 6.07) is 19.0. The van der Waals surface area contributed by atoms with Gasteiger partial charge in [-0.25, -0.2) is 0 Å². The fourth-order valence-electron chi connectivity index (χ4n) is 4.33. The van der Waals surface area contributed by atoms with Crippen LogP contribution in [0.4, 0.5) is 0 Å². The lowest BCUT2D eigenvalue weighted by atomic mass is 9.86. The Morgan fingerprint density at radius 2 is 1.49 bits per heavy atom. The molecule has 0 aliphatic rings. The van der Waals surface area contributed by atoms with E-state index in [9.17, 15) is 19.5 Å². The highest BCUT2D eigenvalue weighted by atomic mass is 32.1. The van der Waals surface area contributed by atoms with Crippen LogP contribution in [0.3, 0.4) is 0 Å². The van der Waals surface area contributed by atoms with Crippen molar-refractivity contribution in [3.63, 3.8) is 0 Å². The van der Waals surface area contributed by atoms with E-state index in [4.69, 9.17) is 5.73 Å². The number of primary amides is 1. The van der Waals surface area contributed by atoms with E-state index < -0.39 is 0 Å². The van der Waals surface area contributed by atoms with Gasteiger partial charge < -0.3 is 10.8 Å². The van der Waals surface area contributed by atoms with Crippen molar-refractivity contribution in [1.82, 2.24) is 0 Å². The Hall–Kier alpha value is -3.88. The molecule has 0 saturated carbocycles. The van der Waals surface area contributed by atoms with Gasteiger partial charge in [-0.3, -0.25) is 19.4 Å². The SMILES string of the molecule is CC(=NCC(=O)c1ccc(C(=O)CCc2ccc(CC(N)=O)cc2)s1)c1csc(-c2ccc(C(C)(C)C)cc2)c1O. The molecular weight excluding hydrogens is 553 g/mol. The Morgan fingerprint density at radius 1 is 0.878 bits per heavy atom. The number of hydrogen-bond donors (Lipinski definition) is 2. The summed E-state index contributed by atoms with van der Waals surface area (Å²) in [7, 11) is 0. The molecule has 212 valence electrons. The summed E-state index contributed by atoms with van der Waals surface area (Å²) < 4.78 is 0. The molecule has 4 rings (SSSR count). The van der Waals surface area contributed by atoms with Crippen molar-refractivity contribution >= 4 is 45.9 Å². The van der Waals surface area contributed by atoms with Gasteiger partial charge in [-0.05, 0) is 53.1 Å². The van der Waals surface area contributed by atoms with Crippen molar-refractivity contribution in [2.45, 2.75) is 52.4 Å². The molecular formula is C33H34N2O4S2. The van der Waals surface area contributed by atoms with E-state index >= 15 is 0 Å². The highest BCUT2D eigenvalue weighted by Gasteiger charge is 2.18. The fourth-order valence-corrected chi connectivity index (χ4v) is 6.25. The van der Waals surface area contributed by atoms with Crippen LogP contribution in [0.15, 0.2) is 71.0 Å². The van der Waals surface area contributed by atoms with Gasteiger partial charge in [-0.15, -0.1) is 22.7 Å². The highest BCUT2D eigenvalue weighted by Crippen LogP contribution is 2.39. The number of carbonyl (C=O) groups excluding carboxylic acids is 3. The maximum absolute atomic E-state index is 12.8. The van der Waals surface area contributed by atoms with Crippen LogP contribution in [-0.4, -0.2) is 34.8 Å². The van der Waals surface area contributed by atoms with Crippen LogP contribution < -0.4 is 5.73 Å². The first-order chi connectivity index (χ1) is 19.4. The summed E-state index contributed by atoms with van der Waals surface area (Å²) in [5.41, 5.74) is 10.5. The Kier molecular flexibility index (Phi) is 9.35. The lowest BCUT2D eigenvalue weighted by molar-refractivity contribution is -0.117. The second-order valence-corrected chi connectivity index (χ2v) is 13.0. The zero-order valence-corrected chi connectivity index (χ0v) is 25.3. The van der Waals surface area contributed by atoms with Gasteiger partial charge in [0.05, 0.1) is 21.1 Å². The van der Waals surface area contributed by atoms with Gasteiger partial charge >= 0.3 is 0 Å². The number of rotatable bonds is 11. The zero-order chi connectivity index (χ0) is 29.7. The van der Waals surface area contributed by atoms with E-state index in [0.717, 1.165) is 21.6 Å². The smallest absolute Gasteiger partial charge is 0.221 e. The van der Waals surface area contributed by atoms with Crippen LogP contribution in [0.25, 0.3) is 10.4 Å². The molecule has 0 fully saturated rings. The minimum Gasteiger partial charge on any atom is -0.506 e. The molecule has 3 N–H and O–H groups in total. The molecule has 0 aliphatic carbocycles. The monoisotopic (exact) mass is 586 g/mol. The lowest BCUT2D eigenvalue weighted by Gasteiger charge is -2.19. The van der Waals surface area contributed by atoms with Crippen molar-refractivity contribution in [3.8, 4) is 16.2 Å². The molecule has 2 heterocycles. The third kappa shape index (κ3) is 7.65. The summed E-state index contributed by atoms with van der Waals surface area (Å²) in [5.74, 6) is -0.417. The number of aryl methyl sites for hydroxylation is 1. The van der Waals surface area contributed by atoms with Gasteiger partial charge in [-0.1, -0.05) is 69.3 Å². The first-order valence-corrected chi connectivity index (χ1v) is 15.1. The standard InChI is InChI=1S/C33H34N2O4S2/c1-20(25-19-40-32(31(25)39)23-10-12-24(13-11-23)33(2,3)4)35-18-27(37)29-16-15-28(41-29)26(36)14-9-21-5-7-22(8-6-21)17-30(34)38/h5-8,10-13,15-16,19,39H,9,14,17-18H2,1-4H3,(H2,34,38). The van der Waals surface area contributed by atoms with E-state index in [0.29, 0.717) is 33.9 Å². The molecule has 4 aromatic rings. The number of benzene rings is 2. The molecule has 1 amide bonds. The number of Topliss-reactive ketones (excluding diaryl/α,β-unsaturated/α-hetero) is 2. The van der Waals surface area contributed by atoms with Crippen LogP contribution in [-0.2, 0) is 23.1 Å². The fraction of sp³-hybridized carbons (Fsp3) is 0.273. The maximum Gasteiger partial charge on any atom is 0.221 e. The first kappa shape index (κ1) is 30.1. The molecule has 0 radical (unpaired) electrons. The number of nitrogens with two attached hydrogens (primary N) is 1. The highest BCUT2D eigenvalue weighted by molar-refractivity contribution is 7.16. The molecule has 0 saturated heterocycles. The number of carbonyl (C=O) groups is 3. The summed E-state index contributed by atoms with van der Waals surface area (Å²) in [4.78, 5) is 42.8. The van der Waals surface area contributed by atoms with Gasteiger partial charge in [0.25, 0.3) is 0 Å². The lowest BCUT2D eigenvalue weighted by Crippen LogP contribution is -2.13. The van der Waals surface area contributed by atoms with Crippen LogP contribution in [0.5, 0.6) is 5.75 Å².